The molecular weight excluding hydrogens is 169 g/mol. The summed E-state index contributed by atoms with van der Waals surface area (Å²) >= 11 is 0. The molecule has 2 unspecified atom stereocenters. The summed E-state index contributed by atoms with van der Waals surface area (Å²) in [7, 11) is 0. The zero-order chi connectivity index (χ0) is 9.47. The van der Waals surface area contributed by atoms with Crippen molar-refractivity contribution in [3.63, 3.8) is 0 Å². The number of aliphatic hydroxyl groups excluding tert-OH is 1. The lowest BCUT2D eigenvalue weighted by molar-refractivity contribution is 0.0997. The van der Waals surface area contributed by atoms with Gasteiger partial charge in [0.1, 0.15) is 6.17 Å². The lowest BCUT2D eigenvalue weighted by atomic mass is 9.93. The number of rotatable bonds is 1. The molecular formula is C10H16FNO. The van der Waals surface area contributed by atoms with E-state index in [0.29, 0.717) is 13.0 Å². The van der Waals surface area contributed by atoms with Gasteiger partial charge in [0.2, 0.25) is 0 Å². The summed E-state index contributed by atoms with van der Waals surface area (Å²) < 4.78 is 13.1. The van der Waals surface area contributed by atoms with Crippen LogP contribution in [0.2, 0.25) is 0 Å². The molecule has 2 rings (SSSR count). The molecule has 2 fully saturated rings. The van der Waals surface area contributed by atoms with Gasteiger partial charge in [-0.3, -0.25) is 4.90 Å². The highest BCUT2D eigenvalue weighted by molar-refractivity contribution is 5.21. The van der Waals surface area contributed by atoms with Crippen molar-refractivity contribution in [2.75, 3.05) is 19.7 Å². The molecule has 0 aliphatic carbocycles. The first kappa shape index (κ1) is 9.16. The number of hydrogen-bond donors (Lipinski definition) is 1. The molecule has 0 aromatic rings. The maximum Gasteiger partial charge on any atom is 0.115 e. The second-order valence-corrected chi connectivity index (χ2v) is 4.19. The fourth-order valence-electron chi connectivity index (χ4n) is 2.59. The summed E-state index contributed by atoms with van der Waals surface area (Å²) in [6, 6.07) is 0. The number of hydrogen-bond acceptors (Lipinski definition) is 2. The van der Waals surface area contributed by atoms with Crippen molar-refractivity contribution in [1.29, 1.82) is 0 Å². The van der Waals surface area contributed by atoms with Crippen LogP contribution < -0.4 is 0 Å². The molecule has 2 saturated heterocycles. The quantitative estimate of drug-likeness (QED) is 0.619. The molecule has 2 aliphatic rings. The van der Waals surface area contributed by atoms with Gasteiger partial charge in [-0.2, -0.15) is 0 Å². The van der Waals surface area contributed by atoms with E-state index in [2.05, 4.69) is 11.0 Å². The Bertz CT molecular complexity index is 241. The number of fused-ring (bicyclic) bond motifs is 1. The van der Waals surface area contributed by atoms with Crippen LogP contribution in [-0.2, 0) is 0 Å². The Morgan fingerprint density at radius 1 is 1.77 bits per heavy atom. The zero-order valence-corrected chi connectivity index (χ0v) is 7.96. The molecule has 0 saturated carbocycles. The molecule has 13 heavy (non-hydrogen) atoms. The Hall–Kier alpha value is -0.410. The van der Waals surface area contributed by atoms with Crippen LogP contribution in [-0.4, -0.2) is 41.4 Å². The number of aliphatic hydroxyl groups is 1. The summed E-state index contributed by atoms with van der Waals surface area (Å²) in [6.45, 7) is 3.44. The Morgan fingerprint density at radius 2 is 2.54 bits per heavy atom. The summed E-state index contributed by atoms with van der Waals surface area (Å²) in [4.78, 5) is 2.09. The van der Waals surface area contributed by atoms with Crippen molar-refractivity contribution >= 4 is 0 Å². The Labute approximate surface area is 78.0 Å². The molecule has 0 aromatic carbocycles. The third-order valence-electron chi connectivity index (χ3n) is 3.34. The lowest BCUT2D eigenvalue weighted by Gasteiger charge is -2.28. The van der Waals surface area contributed by atoms with Crippen molar-refractivity contribution in [2.45, 2.75) is 31.5 Å². The predicted octanol–water partition coefficient (Wildman–Crippen LogP) is 1.11. The molecule has 2 atom stereocenters. The number of halogens is 1. The van der Waals surface area contributed by atoms with Gasteiger partial charge < -0.3 is 5.11 Å². The minimum atomic E-state index is -0.745. The minimum Gasteiger partial charge on any atom is -0.394 e. The third-order valence-corrected chi connectivity index (χ3v) is 3.34. The molecule has 0 amide bonds. The molecule has 0 bridgehead atoms. The SMILES string of the molecule is C/C=C1/CN2CC(F)CC2(CO)C1. The van der Waals surface area contributed by atoms with Crippen LogP contribution in [0.15, 0.2) is 11.6 Å². The van der Waals surface area contributed by atoms with Crippen molar-refractivity contribution in [1.82, 2.24) is 4.90 Å². The summed E-state index contributed by atoms with van der Waals surface area (Å²) in [5.41, 5.74) is 1.07. The van der Waals surface area contributed by atoms with Gasteiger partial charge in [0.25, 0.3) is 0 Å². The molecule has 74 valence electrons. The standard InChI is InChI=1S/C10H16FNO/c1-2-8-3-10(7-13)4-9(11)6-12(10)5-8/h2,9,13H,3-7H2,1H3/b8-2+. The van der Waals surface area contributed by atoms with E-state index >= 15 is 0 Å². The van der Waals surface area contributed by atoms with Crippen LogP contribution in [0, 0.1) is 0 Å². The van der Waals surface area contributed by atoms with Crippen LogP contribution in [0.25, 0.3) is 0 Å². The first-order chi connectivity index (χ1) is 6.20. The van der Waals surface area contributed by atoms with Gasteiger partial charge in [-0.15, -0.1) is 0 Å². The molecule has 0 spiro atoms. The third kappa shape index (κ3) is 1.30. The molecule has 2 aliphatic heterocycles. The van der Waals surface area contributed by atoms with Crippen molar-refractivity contribution < 1.29 is 9.50 Å². The molecule has 3 heteroatoms. The average molecular weight is 185 g/mol. The van der Waals surface area contributed by atoms with Gasteiger partial charge >= 0.3 is 0 Å². The smallest absolute Gasteiger partial charge is 0.115 e. The number of nitrogens with zero attached hydrogens (tertiary/aromatic N) is 1. The van der Waals surface area contributed by atoms with Gasteiger partial charge in [0, 0.05) is 19.5 Å². The maximum atomic E-state index is 13.1. The number of allylic oxidation sites excluding steroid dienone is 1. The van der Waals surface area contributed by atoms with Gasteiger partial charge in [0.15, 0.2) is 0 Å². The molecule has 2 heterocycles. The predicted molar refractivity (Wildman–Crippen MR) is 49.3 cm³/mol. The fraction of sp³-hybridized carbons (Fsp3) is 0.800. The van der Waals surface area contributed by atoms with E-state index in [4.69, 9.17) is 0 Å². The molecule has 2 nitrogen and oxygen atoms in total. The van der Waals surface area contributed by atoms with Crippen LogP contribution in [0.3, 0.4) is 0 Å². The largest absolute Gasteiger partial charge is 0.394 e. The van der Waals surface area contributed by atoms with E-state index in [0.717, 1.165) is 13.0 Å². The van der Waals surface area contributed by atoms with E-state index < -0.39 is 6.17 Å². The lowest BCUT2D eigenvalue weighted by Crippen LogP contribution is -2.41. The van der Waals surface area contributed by atoms with Gasteiger partial charge in [0.05, 0.1) is 12.1 Å². The second kappa shape index (κ2) is 3.07. The number of alkyl halides is 1. The van der Waals surface area contributed by atoms with Gasteiger partial charge in [-0.1, -0.05) is 11.6 Å². The topological polar surface area (TPSA) is 23.5 Å². The zero-order valence-electron chi connectivity index (χ0n) is 7.96. The van der Waals surface area contributed by atoms with E-state index in [1.807, 2.05) is 6.92 Å². The minimum absolute atomic E-state index is 0.0881. The maximum absolute atomic E-state index is 13.1. The van der Waals surface area contributed by atoms with E-state index in [-0.39, 0.29) is 12.1 Å². The van der Waals surface area contributed by atoms with Crippen molar-refractivity contribution in [3.05, 3.63) is 11.6 Å². The van der Waals surface area contributed by atoms with E-state index in [1.54, 1.807) is 0 Å². The van der Waals surface area contributed by atoms with Gasteiger partial charge in [-0.25, -0.2) is 4.39 Å². The Balaban J connectivity index is 2.20. The summed E-state index contributed by atoms with van der Waals surface area (Å²) in [5.74, 6) is 0. The molecule has 1 N–H and O–H groups in total. The van der Waals surface area contributed by atoms with Crippen LogP contribution in [0.5, 0.6) is 0 Å². The second-order valence-electron chi connectivity index (χ2n) is 4.19. The summed E-state index contributed by atoms with van der Waals surface area (Å²) in [6.07, 6.45) is 2.69. The fourth-order valence-corrected chi connectivity index (χ4v) is 2.59. The monoisotopic (exact) mass is 185 g/mol. The highest BCUT2D eigenvalue weighted by Crippen LogP contribution is 2.41. The molecule has 0 radical (unpaired) electrons. The van der Waals surface area contributed by atoms with E-state index in [1.165, 1.54) is 5.57 Å². The molecule has 0 aromatic heterocycles. The highest BCUT2D eigenvalue weighted by Gasteiger charge is 2.49. The van der Waals surface area contributed by atoms with Crippen LogP contribution in [0.4, 0.5) is 4.39 Å². The Kier molecular flexibility index (Phi) is 2.16. The van der Waals surface area contributed by atoms with Crippen LogP contribution in [0.1, 0.15) is 19.8 Å². The van der Waals surface area contributed by atoms with Crippen molar-refractivity contribution in [2.24, 2.45) is 0 Å². The first-order valence-corrected chi connectivity index (χ1v) is 4.84. The summed E-state index contributed by atoms with van der Waals surface area (Å²) in [5, 5.41) is 9.32. The average Bonchev–Trinajstić information content (AvgIpc) is 2.57. The van der Waals surface area contributed by atoms with Gasteiger partial charge in [-0.05, 0) is 13.3 Å². The van der Waals surface area contributed by atoms with Crippen molar-refractivity contribution in [3.8, 4) is 0 Å². The Morgan fingerprint density at radius 3 is 3.08 bits per heavy atom. The van der Waals surface area contributed by atoms with E-state index in [9.17, 15) is 9.50 Å². The highest BCUT2D eigenvalue weighted by atomic mass is 19.1. The normalized spacial score (nSPS) is 43.0. The van der Waals surface area contributed by atoms with Crippen LogP contribution >= 0.6 is 0 Å². The first-order valence-electron chi connectivity index (χ1n) is 4.84.